The minimum atomic E-state index is -5.40. The number of hydrogen-bond donors (Lipinski definition) is 1. The minimum Gasteiger partial charge on any atom is -0.371 e. The molecule has 0 radical (unpaired) electrons. The number of aliphatic hydroxyl groups excluding tert-OH is 1. The quantitative estimate of drug-likeness (QED) is 0.776. The van der Waals surface area contributed by atoms with E-state index >= 15 is 0 Å². The molecule has 14 heteroatoms. The number of aromatic nitrogens is 1. The molecule has 1 aromatic rings. The number of methoxy groups -OCH3 is 1. The monoisotopic (exact) mass is 411 g/mol. The Morgan fingerprint density at radius 3 is 2.11 bits per heavy atom. The average Bonchev–Trinajstić information content (AvgIpc) is 2.84. The molecule has 1 N–H and O–H groups in total. The highest BCUT2D eigenvalue weighted by Crippen LogP contribution is 2.41. The van der Waals surface area contributed by atoms with E-state index in [-0.39, 0.29) is 11.1 Å². The maximum Gasteiger partial charge on any atom is 0.433 e. The highest BCUT2D eigenvalue weighted by Gasteiger charge is 2.59. The summed E-state index contributed by atoms with van der Waals surface area (Å²) in [5.41, 5.74) is -4.30. The van der Waals surface area contributed by atoms with Gasteiger partial charge in [0.2, 0.25) is 0 Å². The van der Waals surface area contributed by atoms with E-state index in [4.69, 9.17) is 0 Å². The number of anilines is 1. The van der Waals surface area contributed by atoms with Gasteiger partial charge in [-0.15, -0.1) is 0 Å². The van der Waals surface area contributed by atoms with Crippen LogP contribution < -0.4 is 5.01 Å². The molecule has 0 amide bonds. The highest BCUT2D eigenvalue weighted by molar-refractivity contribution is 5.95. The molecule has 1 aliphatic rings. The van der Waals surface area contributed by atoms with Crippen molar-refractivity contribution >= 4 is 11.4 Å². The molecule has 2 heterocycles. The lowest BCUT2D eigenvalue weighted by Gasteiger charge is -2.30. The Hall–Kier alpha value is -2.09. The lowest BCUT2D eigenvalue weighted by Crippen LogP contribution is -2.50. The average molecular weight is 411 g/mol. The van der Waals surface area contributed by atoms with Gasteiger partial charge < -0.3 is 9.84 Å². The SMILES string of the molecule is COC(C1C(C(F)(F)F)=NN(c2ccnc(C(F)(F)F)c2)C1O)C(F)(F)F. The van der Waals surface area contributed by atoms with Crippen LogP contribution in [0.1, 0.15) is 5.69 Å². The van der Waals surface area contributed by atoms with Crippen molar-refractivity contribution in [3.63, 3.8) is 0 Å². The molecule has 1 aromatic heterocycles. The lowest BCUT2D eigenvalue weighted by molar-refractivity contribution is -0.229. The Balaban J connectivity index is 2.53. The van der Waals surface area contributed by atoms with Crippen LogP contribution in [0.5, 0.6) is 0 Å². The molecular weight excluding hydrogens is 401 g/mol. The third-order valence-electron chi connectivity index (χ3n) is 3.59. The van der Waals surface area contributed by atoms with Crippen LogP contribution in [-0.4, -0.2) is 47.6 Å². The van der Waals surface area contributed by atoms with Crippen molar-refractivity contribution in [3.8, 4) is 0 Å². The summed E-state index contributed by atoms with van der Waals surface area (Å²) in [7, 11) is 0.482. The zero-order chi connectivity index (χ0) is 20.8. The van der Waals surface area contributed by atoms with E-state index in [0.717, 1.165) is 6.07 Å². The molecular formula is C13H10F9N3O2. The summed E-state index contributed by atoms with van der Waals surface area (Å²) >= 11 is 0. The number of hydrazone groups is 1. The number of halogens is 9. The summed E-state index contributed by atoms with van der Waals surface area (Å²) in [5, 5.41) is 12.9. The van der Waals surface area contributed by atoms with Crippen molar-refractivity contribution in [2.45, 2.75) is 30.9 Å². The Kier molecular flexibility index (Phi) is 5.35. The van der Waals surface area contributed by atoms with E-state index in [1.807, 2.05) is 0 Å². The molecule has 152 valence electrons. The standard InChI is InChI=1S/C13H10F9N3O2/c1-27-9(13(20,21)22)7-8(12(17,18)19)24-25(10(7)26)5-2-3-23-6(4-5)11(14,15)16/h2-4,7,9-10,26H,1H3. The van der Waals surface area contributed by atoms with Crippen LogP contribution in [0.3, 0.4) is 0 Å². The first kappa shape index (κ1) is 21.2. The van der Waals surface area contributed by atoms with Crippen molar-refractivity contribution < 1.29 is 49.4 Å². The third-order valence-corrected chi connectivity index (χ3v) is 3.59. The molecule has 3 unspecified atom stereocenters. The molecule has 0 fully saturated rings. The van der Waals surface area contributed by atoms with Gasteiger partial charge in [-0.1, -0.05) is 0 Å². The normalized spacial score (nSPS) is 22.8. The van der Waals surface area contributed by atoms with Gasteiger partial charge in [-0.3, -0.25) is 4.98 Å². The topological polar surface area (TPSA) is 58.0 Å². The Bertz CT molecular complexity index is 714. The number of nitrogens with zero attached hydrogens (tertiary/aromatic N) is 3. The van der Waals surface area contributed by atoms with Gasteiger partial charge in [0, 0.05) is 13.3 Å². The van der Waals surface area contributed by atoms with Crippen LogP contribution in [0.25, 0.3) is 0 Å². The van der Waals surface area contributed by atoms with Gasteiger partial charge in [-0.2, -0.15) is 44.6 Å². The molecule has 0 aliphatic carbocycles. The molecule has 27 heavy (non-hydrogen) atoms. The summed E-state index contributed by atoms with van der Waals surface area (Å²) in [6.45, 7) is 0. The Labute approximate surface area is 145 Å². The van der Waals surface area contributed by atoms with Crippen LogP contribution in [0.4, 0.5) is 45.2 Å². The second kappa shape index (κ2) is 6.82. The molecule has 0 saturated carbocycles. The zero-order valence-corrected chi connectivity index (χ0v) is 13.1. The van der Waals surface area contributed by atoms with Gasteiger partial charge in [0.1, 0.15) is 5.69 Å². The van der Waals surface area contributed by atoms with Gasteiger partial charge in [0.15, 0.2) is 18.0 Å². The number of rotatable bonds is 3. The van der Waals surface area contributed by atoms with Gasteiger partial charge in [0.25, 0.3) is 0 Å². The predicted molar refractivity (Wildman–Crippen MR) is 71.6 cm³/mol. The van der Waals surface area contributed by atoms with E-state index in [1.165, 1.54) is 0 Å². The fraction of sp³-hybridized carbons (Fsp3) is 0.538. The molecule has 2 rings (SSSR count). The summed E-state index contributed by atoms with van der Waals surface area (Å²) in [6, 6.07) is 1.01. The maximum absolute atomic E-state index is 13.1. The van der Waals surface area contributed by atoms with Crippen LogP contribution in [0.2, 0.25) is 0 Å². The largest absolute Gasteiger partial charge is 0.433 e. The van der Waals surface area contributed by atoms with Gasteiger partial charge in [-0.25, -0.2) is 5.01 Å². The summed E-state index contributed by atoms with van der Waals surface area (Å²) in [5.74, 6) is -2.74. The highest BCUT2D eigenvalue weighted by atomic mass is 19.4. The number of hydrogen-bond acceptors (Lipinski definition) is 5. The van der Waals surface area contributed by atoms with Crippen LogP contribution >= 0.6 is 0 Å². The first-order valence-corrected chi connectivity index (χ1v) is 6.93. The molecule has 0 bridgehead atoms. The smallest absolute Gasteiger partial charge is 0.371 e. The second-order valence-electron chi connectivity index (χ2n) is 5.36. The van der Waals surface area contributed by atoms with E-state index in [1.54, 1.807) is 0 Å². The van der Waals surface area contributed by atoms with Crippen molar-refractivity contribution in [2.75, 3.05) is 12.1 Å². The lowest BCUT2D eigenvalue weighted by atomic mass is 9.94. The van der Waals surface area contributed by atoms with Crippen molar-refractivity contribution in [3.05, 3.63) is 24.0 Å². The molecule has 1 aliphatic heterocycles. The molecule has 0 aromatic carbocycles. The van der Waals surface area contributed by atoms with Crippen molar-refractivity contribution in [1.29, 1.82) is 0 Å². The summed E-state index contributed by atoms with van der Waals surface area (Å²) in [4.78, 5) is 2.98. The first-order chi connectivity index (χ1) is 12.2. The van der Waals surface area contributed by atoms with Gasteiger partial charge in [0.05, 0.1) is 11.6 Å². The fourth-order valence-corrected chi connectivity index (χ4v) is 2.49. The molecule has 0 spiro atoms. The minimum absolute atomic E-state index is 0.0160. The summed E-state index contributed by atoms with van der Waals surface area (Å²) < 4.78 is 121. The number of aliphatic hydroxyl groups is 1. The maximum atomic E-state index is 13.1. The third kappa shape index (κ3) is 4.26. The van der Waals surface area contributed by atoms with Crippen LogP contribution in [-0.2, 0) is 10.9 Å². The molecule has 3 atom stereocenters. The van der Waals surface area contributed by atoms with Crippen LogP contribution in [0, 0.1) is 5.92 Å². The first-order valence-electron chi connectivity index (χ1n) is 6.93. The van der Waals surface area contributed by atoms with E-state index in [2.05, 4.69) is 14.8 Å². The van der Waals surface area contributed by atoms with E-state index < -0.39 is 53.9 Å². The number of alkyl halides is 9. The Morgan fingerprint density at radius 1 is 1.07 bits per heavy atom. The van der Waals surface area contributed by atoms with E-state index in [0.29, 0.717) is 13.3 Å². The molecule has 5 nitrogen and oxygen atoms in total. The Morgan fingerprint density at radius 2 is 1.67 bits per heavy atom. The van der Waals surface area contributed by atoms with Gasteiger partial charge in [-0.05, 0) is 12.1 Å². The zero-order valence-electron chi connectivity index (χ0n) is 13.1. The van der Waals surface area contributed by atoms with Crippen molar-refractivity contribution in [2.24, 2.45) is 11.0 Å². The fourth-order valence-electron chi connectivity index (χ4n) is 2.49. The van der Waals surface area contributed by atoms with Crippen LogP contribution in [0.15, 0.2) is 23.4 Å². The van der Waals surface area contributed by atoms with Crippen molar-refractivity contribution in [1.82, 2.24) is 4.98 Å². The second-order valence-corrected chi connectivity index (χ2v) is 5.36. The number of pyridine rings is 1. The van der Waals surface area contributed by atoms with Gasteiger partial charge >= 0.3 is 18.5 Å². The summed E-state index contributed by atoms with van der Waals surface area (Å²) in [6.07, 6.45) is -20.8. The molecule has 0 saturated heterocycles. The predicted octanol–water partition coefficient (Wildman–Crippen LogP) is 3.35. The number of ether oxygens (including phenoxy) is 1. The van der Waals surface area contributed by atoms with E-state index in [9.17, 15) is 44.6 Å².